The summed E-state index contributed by atoms with van der Waals surface area (Å²) in [5, 5.41) is 2.87. The number of benzene rings is 1. The number of nitrogens with two attached hydrogens (primary N) is 1. The summed E-state index contributed by atoms with van der Waals surface area (Å²) in [6, 6.07) is 5.30. The van der Waals surface area contributed by atoms with Crippen LogP contribution < -0.4 is 20.5 Å². The highest BCUT2D eigenvalue weighted by molar-refractivity contribution is 5.81. The Bertz CT molecular complexity index is 461. The Morgan fingerprint density at radius 1 is 1.24 bits per heavy atom. The van der Waals surface area contributed by atoms with Crippen molar-refractivity contribution >= 4 is 5.91 Å². The molecular weight excluding hydrogens is 268 g/mol. The molecule has 1 rings (SSSR count). The first-order chi connectivity index (χ1) is 9.97. The first-order valence-corrected chi connectivity index (χ1v) is 7.22. The lowest BCUT2D eigenvalue weighted by Crippen LogP contribution is -2.42. The van der Waals surface area contributed by atoms with Gasteiger partial charge in [0.15, 0.2) is 11.5 Å². The summed E-state index contributed by atoms with van der Waals surface area (Å²) >= 11 is 0. The summed E-state index contributed by atoms with van der Waals surface area (Å²) in [7, 11) is 3.21. The second-order valence-corrected chi connectivity index (χ2v) is 5.47. The van der Waals surface area contributed by atoms with Gasteiger partial charge in [0, 0.05) is 6.54 Å². The molecule has 5 nitrogen and oxygen atoms in total. The number of ether oxygens (including phenoxy) is 2. The Hall–Kier alpha value is -1.75. The van der Waals surface area contributed by atoms with Crippen LogP contribution in [-0.2, 0) is 11.2 Å². The minimum atomic E-state index is -0.435. The van der Waals surface area contributed by atoms with Crippen LogP contribution in [0.25, 0.3) is 0 Å². The average molecular weight is 294 g/mol. The van der Waals surface area contributed by atoms with Gasteiger partial charge in [-0.2, -0.15) is 0 Å². The molecule has 0 saturated heterocycles. The predicted octanol–water partition coefficient (Wildman–Crippen LogP) is 1.74. The van der Waals surface area contributed by atoms with Crippen LogP contribution in [0.3, 0.4) is 0 Å². The Labute approximate surface area is 126 Å². The Balaban J connectivity index is 2.47. The van der Waals surface area contributed by atoms with Crippen LogP contribution in [0.5, 0.6) is 11.5 Å². The highest BCUT2D eigenvalue weighted by Crippen LogP contribution is 2.27. The molecule has 0 aliphatic heterocycles. The van der Waals surface area contributed by atoms with E-state index in [1.807, 2.05) is 18.2 Å². The smallest absolute Gasteiger partial charge is 0.236 e. The lowest BCUT2D eigenvalue weighted by molar-refractivity contribution is -0.122. The zero-order valence-corrected chi connectivity index (χ0v) is 13.3. The molecule has 1 aromatic carbocycles. The quantitative estimate of drug-likeness (QED) is 0.766. The molecule has 1 atom stereocenters. The van der Waals surface area contributed by atoms with E-state index in [1.54, 1.807) is 14.2 Å². The largest absolute Gasteiger partial charge is 0.493 e. The minimum Gasteiger partial charge on any atom is -0.493 e. The minimum absolute atomic E-state index is 0.0934. The Morgan fingerprint density at radius 2 is 1.90 bits per heavy atom. The molecule has 5 heteroatoms. The summed E-state index contributed by atoms with van der Waals surface area (Å²) < 4.78 is 10.4. The van der Waals surface area contributed by atoms with Gasteiger partial charge in [-0.3, -0.25) is 4.79 Å². The molecule has 0 spiro atoms. The van der Waals surface area contributed by atoms with Crippen LogP contribution in [0, 0.1) is 5.92 Å². The third-order valence-corrected chi connectivity index (χ3v) is 3.22. The third kappa shape index (κ3) is 5.63. The van der Waals surface area contributed by atoms with E-state index in [0.29, 0.717) is 30.4 Å². The zero-order chi connectivity index (χ0) is 15.8. The fourth-order valence-electron chi connectivity index (χ4n) is 2.11. The molecular formula is C16H26N2O3. The predicted molar refractivity (Wildman–Crippen MR) is 83.7 cm³/mol. The van der Waals surface area contributed by atoms with E-state index in [0.717, 1.165) is 12.0 Å². The number of carbonyl (C=O) groups is 1. The van der Waals surface area contributed by atoms with Crippen molar-refractivity contribution in [2.75, 3.05) is 20.8 Å². The maximum Gasteiger partial charge on any atom is 0.236 e. The average Bonchev–Trinajstić information content (AvgIpc) is 2.46. The van der Waals surface area contributed by atoms with Crippen LogP contribution in [0.1, 0.15) is 25.8 Å². The van der Waals surface area contributed by atoms with Crippen molar-refractivity contribution in [2.24, 2.45) is 11.7 Å². The van der Waals surface area contributed by atoms with Gasteiger partial charge in [0.05, 0.1) is 20.3 Å². The van der Waals surface area contributed by atoms with Crippen molar-refractivity contribution in [3.8, 4) is 11.5 Å². The SMILES string of the molecule is COc1ccc(CCNC(=O)[C@H](N)CC(C)C)cc1OC. The number of methoxy groups -OCH3 is 2. The lowest BCUT2D eigenvalue weighted by Gasteiger charge is -2.14. The first kappa shape index (κ1) is 17.3. The normalized spacial score (nSPS) is 12.1. The number of carbonyl (C=O) groups excluding carboxylic acids is 1. The van der Waals surface area contributed by atoms with Crippen LogP contribution in [0.4, 0.5) is 0 Å². The first-order valence-electron chi connectivity index (χ1n) is 7.22. The van der Waals surface area contributed by atoms with Gasteiger partial charge in [-0.1, -0.05) is 19.9 Å². The van der Waals surface area contributed by atoms with E-state index >= 15 is 0 Å². The number of hydrogen-bond acceptors (Lipinski definition) is 4. The van der Waals surface area contributed by atoms with E-state index < -0.39 is 6.04 Å². The van der Waals surface area contributed by atoms with Crippen molar-refractivity contribution in [3.63, 3.8) is 0 Å². The second-order valence-electron chi connectivity index (χ2n) is 5.47. The van der Waals surface area contributed by atoms with Crippen molar-refractivity contribution < 1.29 is 14.3 Å². The monoisotopic (exact) mass is 294 g/mol. The number of amides is 1. The summed E-state index contributed by atoms with van der Waals surface area (Å²) in [5.74, 6) is 1.71. The molecule has 118 valence electrons. The molecule has 0 aromatic heterocycles. The molecule has 0 heterocycles. The van der Waals surface area contributed by atoms with Crippen LogP contribution in [-0.4, -0.2) is 32.7 Å². The van der Waals surface area contributed by atoms with Crippen LogP contribution in [0.2, 0.25) is 0 Å². The molecule has 0 radical (unpaired) electrons. The fourth-order valence-corrected chi connectivity index (χ4v) is 2.11. The standard InChI is InChI=1S/C16H26N2O3/c1-11(2)9-13(17)16(19)18-8-7-12-5-6-14(20-3)15(10-12)21-4/h5-6,10-11,13H,7-9,17H2,1-4H3,(H,18,19)/t13-/m1/s1. The molecule has 0 bridgehead atoms. The summed E-state index contributed by atoms with van der Waals surface area (Å²) in [5.41, 5.74) is 6.91. The summed E-state index contributed by atoms with van der Waals surface area (Å²) in [4.78, 5) is 11.8. The number of rotatable bonds is 8. The van der Waals surface area contributed by atoms with Crippen molar-refractivity contribution in [1.29, 1.82) is 0 Å². The molecule has 21 heavy (non-hydrogen) atoms. The van der Waals surface area contributed by atoms with E-state index in [2.05, 4.69) is 19.2 Å². The van der Waals surface area contributed by atoms with E-state index in [4.69, 9.17) is 15.2 Å². The van der Waals surface area contributed by atoms with Gasteiger partial charge in [-0.25, -0.2) is 0 Å². The van der Waals surface area contributed by atoms with Gasteiger partial charge < -0.3 is 20.5 Å². The van der Waals surface area contributed by atoms with Gasteiger partial charge in [0.2, 0.25) is 5.91 Å². The maximum atomic E-state index is 11.8. The summed E-state index contributed by atoms with van der Waals surface area (Å²) in [6.45, 7) is 4.66. The maximum absolute atomic E-state index is 11.8. The molecule has 0 aliphatic rings. The van der Waals surface area contributed by atoms with Gasteiger partial charge in [-0.15, -0.1) is 0 Å². The van der Waals surface area contributed by atoms with Crippen molar-refractivity contribution in [3.05, 3.63) is 23.8 Å². The van der Waals surface area contributed by atoms with Crippen LogP contribution in [0.15, 0.2) is 18.2 Å². The van der Waals surface area contributed by atoms with E-state index in [1.165, 1.54) is 0 Å². The molecule has 0 unspecified atom stereocenters. The van der Waals surface area contributed by atoms with Crippen molar-refractivity contribution in [2.45, 2.75) is 32.7 Å². The molecule has 0 aliphatic carbocycles. The highest BCUT2D eigenvalue weighted by Gasteiger charge is 2.14. The zero-order valence-electron chi connectivity index (χ0n) is 13.3. The van der Waals surface area contributed by atoms with E-state index in [-0.39, 0.29) is 5.91 Å². The Kier molecular flexibility index (Phi) is 7.02. The molecule has 0 fully saturated rings. The molecule has 0 saturated carbocycles. The number of hydrogen-bond donors (Lipinski definition) is 2. The van der Waals surface area contributed by atoms with Gasteiger partial charge >= 0.3 is 0 Å². The van der Waals surface area contributed by atoms with Crippen LogP contribution >= 0.6 is 0 Å². The topological polar surface area (TPSA) is 73.6 Å². The highest BCUT2D eigenvalue weighted by atomic mass is 16.5. The third-order valence-electron chi connectivity index (χ3n) is 3.22. The van der Waals surface area contributed by atoms with Gasteiger partial charge in [0.1, 0.15) is 0 Å². The molecule has 3 N–H and O–H groups in total. The van der Waals surface area contributed by atoms with E-state index in [9.17, 15) is 4.79 Å². The lowest BCUT2D eigenvalue weighted by atomic mass is 10.0. The van der Waals surface area contributed by atoms with Gasteiger partial charge in [0.25, 0.3) is 0 Å². The van der Waals surface area contributed by atoms with Gasteiger partial charge in [-0.05, 0) is 36.5 Å². The van der Waals surface area contributed by atoms with Crippen molar-refractivity contribution in [1.82, 2.24) is 5.32 Å². The number of nitrogens with one attached hydrogen (secondary N) is 1. The molecule has 1 aromatic rings. The molecule has 1 amide bonds. The summed E-state index contributed by atoms with van der Waals surface area (Å²) in [6.07, 6.45) is 1.42. The fraction of sp³-hybridized carbons (Fsp3) is 0.562. The second kappa shape index (κ2) is 8.52. The Morgan fingerprint density at radius 3 is 2.48 bits per heavy atom.